The molecule has 2 rings (SSSR count). The Morgan fingerprint density at radius 3 is 2.81 bits per heavy atom. The Morgan fingerprint density at radius 1 is 1.50 bits per heavy atom. The average Bonchev–Trinajstić information content (AvgIpc) is 2.63. The molecule has 0 bridgehead atoms. The van der Waals surface area contributed by atoms with Crippen LogP contribution in [-0.2, 0) is 0 Å². The van der Waals surface area contributed by atoms with Crippen LogP contribution in [0.15, 0.2) is 30.6 Å². The molecule has 0 saturated heterocycles. The SMILES string of the molecule is Cc1cnn(-c2cccc(N)c2[N+](=O)[O-])c1. The normalized spacial score (nSPS) is 10.3. The monoisotopic (exact) mass is 218 g/mol. The summed E-state index contributed by atoms with van der Waals surface area (Å²) in [7, 11) is 0. The maximum absolute atomic E-state index is 10.9. The zero-order valence-electron chi connectivity index (χ0n) is 8.62. The second-order valence-corrected chi connectivity index (χ2v) is 3.43. The van der Waals surface area contributed by atoms with Gasteiger partial charge in [0.25, 0.3) is 0 Å². The van der Waals surface area contributed by atoms with Gasteiger partial charge in [0.1, 0.15) is 11.4 Å². The number of aromatic nitrogens is 2. The molecule has 2 N–H and O–H groups in total. The van der Waals surface area contributed by atoms with Gasteiger partial charge in [-0.15, -0.1) is 0 Å². The largest absolute Gasteiger partial charge is 0.393 e. The molecule has 0 aliphatic rings. The van der Waals surface area contributed by atoms with Crippen molar-refractivity contribution in [2.45, 2.75) is 6.92 Å². The first-order valence-electron chi connectivity index (χ1n) is 4.64. The van der Waals surface area contributed by atoms with Crippen LogP contribution in [0.5, 0.6) is 0 Å². The van der Waals surface area contributed by atoms with Gasteiger partial charge in [-0.05, 0) is 24.6 Å². The highest BCUT2D eigenvalue weighted by atomic mass is 16.6. The number of hydrogen-bond acceptors (Lipinski definition) is 4. The smallest absolute Gasteiger partial charge is 0.317 e. The lowest BCUT2D eigenvalue weighted by Gasteiger charge is -2.04. The van der Waals surface area contributed by atoms with Crippen LogP contribution >= 0.6 is 0 Å². The predicted octanol–water partition coefficient (Wildman–Crippen LogP) is 1.67. The summed E-state index contributed by atoms with van der Waals surface area (Å²) < 4.78 is 1.45. The number of nitro groups is 1. The van der Waals surface area contributed by atoms with Gasteiger partial charge in [-0.1, -0.05) is 6.07 Å². The van der Waals surface area contributed by atoms with Crippen LogP contribution in [0.4, 0.5) is 11.4 Å². The van der Waals surface area contributed by atoms with Gasteiger partial charge in [-0.2, -0.15) is 5.10 Å². The van der Waals surface area contributed by atoms with Gasteiger partial charge in [-0.25, -0.2) is 4.68 Å². The first-order valence-corrected chi connectivity index (χ1v) is 4.64. The van der Waals surface area contributed by atoms with Gasteiger partial charge in [-0.3, -0.25) is 10.1 Å². The maximum atomic E-state index is 10.9. The summed E-state index contributed by atoms with van der Waals surface area (Å²) in [5, 5.41) is 14.9. The Kier molecular flexibility index (Phi) is 2.32. The van der Waals surface area contributed by atoms with Crippen LogP contribution in [-0.4, -0.2) is 14.7 Å². The summed E-state index contributed by atoms with van der Waals surface area (Å²) in [6.07, 6.45) is 3.34. The van der Waals surface area contributed by atoms with Crippen molar-refractivity contribution in [3.8, 4) is 5.69 Å². The number of nitro benzene ring substituents is 1. The molecule has 0 aliphatic heterocycles. The average molecular weight is 218 g/mol. The molecule has 1 heterocycles. The van der Waals surface area contributed by atoms with Gasteiger partial charge >= 0.3 is 5.69 Å². The molecule has 0 amide bonds. The van der Waals surface area contributed by atoms with Crippen LogP contribution in [0.2, 0.25) is 0 Å². The summed E-state index contributed by atoms with van der Waals surface area (Å²) in [4.78, 5) is 10.4. The first kappa shape index (κ1) is 10.2. The molecule has 6 heteroatoms. The van der Waals surface area contributed by atoms with Crippen molar-refractivity contribution < 1.29 is 4.92 Å². The number of nitrogens with zero attached hydrogens (tertiary/aromatic N) is 3. The summed E-state index contributed by atoms with van der Waals surface area (Å²) in [6, 6.07) is 4.77. The van der Waals surface area contributed by atoms with Crippen LogP contribution in [0.25, 0.3) is 5.69 Å². The lowest BCUT2D eigenvalue weighted by atomic mass is 10.2. The summed E-state index contributed by atoms with van der Waals surface area (Å²) in [6.45, 7) is 1.86. The third kappa shape index (κ3) is 1.60. The van der Waals surface area contributed by atoms with Crippen molar-refractivity contribution in [3.05, 3.63) is 46.3 Å². The Bertz CT molecular complexity index is 548. The van der Waals surface area contributed by atoms with Gasteiger partial charge in [0, 0.05) is 6.20 Å². The third-order valence-electron chi connectivity index (χ3n) is 2.19. The number of para-hydroxylation sites is 1. The third-order valence-corrected chi connectivity index (χ3v) is 2.19. The Hall–Kier alpha value is -2.37. The highest BCUT2D eigenvalue weighted by molar-refractivity contribution is 5.68. The van der Waals surface area contributed by atoms with Crippen molar-refractivity contribution in [3.63, 3.8) is 0 Å². The lowest BCUT2D eigenvalue weighted by Crippen LogP contribution is -2.03. The van der Waals surface area contributed by atoms with E-state index in [-0.39, 0.29) is 11.4 Å². The molecule has 0 saturated carbocycles. The van der Waals surface area contributed by atoms with Gasteiger partial charge in [0.05, 0.1) is 11.1 Å². The zero-order valence-corrected chi connectivity index (χ0v) is 8.62. The van der Waals surface area contributed by atoms with E-state index in [2.05, 4.69) is 5.10 Å². The number of rotatable bonds is 2. The van der Waals surface area contributed by atoms with Crippen LogP contribution < -0.4 is 5.73 Å². The van der Waals surface area contributed by atoms with E-state index in [0.29, 0.717) is 5.69 Å². The lowest BCUT2D eigenvalue weighted by molar-refractivity contribution is -0.383. The van der Waals surface area contributed by atoms with Crippen molar-refractivity contribution in [1.29, 1.82) is 0 Å². The van der Waals surface area contributed by atoms with Crippen LogP contribution in [0.1, 0.15) is 5.56 Å². The van der Waals surface area contributed by atoms with E-state index < -0.39 is 4.92 Å². The minimum absolute atomic E-state index is 0.120. The number of aryl methyl sites for hydroxylation is 1. The van der Waals surface area contributed by atoms with E-state index in [1.54, 1.807) is 24.5 Å². The molecule has 82 valence electrons. The second-order valence-electron chi connectivity index (χ2n) is 3.43. The Balaban J connectivity index is 2.65. The van der Waals surface area contributed by atoms with Gasteiger partial charge in [0.15, 0.2) is 0 Å². The number of anilines is 1. The number of benzene rings is 1. The molecule has 1 aromatic heterocycles. The molecule has 0 aliphatic carbocycles. The molecule has 1 aromatic carbocycles. The summed E-state index contributed by atoms with van der Waals surface area (Å²) in [5.41, 5.74) is 6.90. The van der Waals surface area contributed by atoms with E-state index in [0.717, 1.165) is 5.56 Å². The predicted molar refractivity (Wildman–Crippen MR) is 59.4 cm³/mol. The van der Waals surface area contributed by atoms with E-state index >= 15 is 0 Å². The van der Waals surface area contributed by atoms with E-state index in [1.807, 2.05) is 6.92 Å². The van der Waals surface area contributed by atoms with Crippen LogP contribution in [0.3, 0.4) is 0 Å². The van der Waals surface area contributed by atoms with Crippen molar-refractivity contribution in [2.75, 3.05) is 5.73 Å². The molecule has 2 aromatic rings. The molecule has 0 spiro atoms. The van der Waals surface area contributed by atoms with Crippen molar-refractivity contribution in [2.24, 2.45) is 0 Å². The molecular weight excluding hydrogens is 208 g/mol. The van der Waals surface area contributed by atoms with Gasteiger partial charge < -0.3 is 5.73 Å². The topological polar surface area (TPSA) is 87.0 Å². The Labute approximate surface area is 91.5 Å². The molecule has 0 radical (unpaired) electrons. The molecular formula is C10H10N4O2. The standard InChI is InChI=1S/C10H10N4O2/c1-7-5-12-13(6-7)9-4-2-3-8(11)10(9)14(15)16/h2-6H,11H2,1H3. The first-order chi connectivity index (χ1) is 7.59. The summed E-state index contributed by atoms with van der Waals surface area (Å²) >= 11 is 0. The fraction of sp³-hybridized carbons (Fsp3) is 0.100. The quantitative estimate of drug-likeness (QED) is 0.472. The fourth-order valence-electron chi connectivity index (χ4n) is 1.48. The Morgan fingerprint density at radius 2 is 2.25 bits per heavy atom. The highest BCUT2D eigenvalue weighted by Crippen LogP contribution is 2.28. The molecule has 0 atom stereocenters. The fourth-order valence-corrected chi connectivity index (χ4v) is 1.48. The second kappa shape index (κ2) is 3.65. The molecule has 16 heavy (non-hydrogen) atoms. The van der Waals surface area contributed by atoms with Crippen molar-refractivity contribution in [1.82, 2.24) is 9.78 Å². The number of nitrogens with two attached hydrogens (primary N) is 1. The maximum Gasteiger partial charge on any atom is 0.317 e. The zero-order chi connectivity index (χ0) is 11.7. The van der Waals surface area contributed by atoms with Crippen LogP contribution in [0, 0.1) is 17.0 Å². The number of nitrogen functional groups attached to an aromatic ring is 1. The molecule has 0 fully saturated rings. The van der Waals surface area contributed by atoms with E-state index in [9.17, 15) is 10.1 Å². The number of hydrogen-bond donors (Lipinski definition) is 1. The van der Waals surface area contributed by atoms with E-state index in [4.69, 9.17) is 5.73 Å². The molecule has 6 nitrogen and oxygen atoms in total. The van der Waals surface area contributed by atoms with Gasteiger partial charge in [0.2, 0.25) is 0 Å². The van der Waals surface area contributed by atoms with Crippen molar-refractivity contribution >= 4 is 11.4 Å². The van der Waals surface area contributed by atoms with E-state index in [1.165, 1.54) is 10.7 Å². The highest BCUT2D eigenvalue weighted by Gasteiger charge is 2.19. The summed E-state index contributed by atoms with van der Waals surface area (Å²) in [5.74, 6) is 0. The minimum atomic E-state index is -0.498. The molecule has 0 unspecified atom stereocenters. The minimum Gasteiger partial charge on any atom is -0.393 e.